The number of benzene rings is 1. The third-order valence-corrected chi connectivity index (χ3v) is 7.47. The molecule has 1 aromatic carbocycles. The van der Waals surface area contributed by atoms with Gasteiger partial charge in [0.15, 0.2) is 0 Å². The van der Waals surface area contributed by atoms with Gasteiger partial charge < -0.3 is 10.1 Å². The van der Waals surface area contributed by atoms with Gasteiger partial charge in [-0.1, -0.05) is 36.0 Å². The minimum atomic E-state index is 0.0116. The van der Waals surface area contributed by atoms with Crippen LogP contribution < -0.4 is 5.32 Å². The summed E-state index contributed by atoms with van der Waals surface area (Å²) in [5, 5.41) is 5.03. The second kappa shape index (κ2) is 9.87. The Labute approximate surface area is 185 Å². The van der Waals surface area contributed by atoms with Gasteiger partial charge >= 0.3 is 0 Å². The van der Waals surface area contributed by atoms with Crippen molar-refractivity contribution in [2.45, 2.75) is 32.0 Å². The average molecular weight is 443 g/mol. The van der Waals surface area contributed by atoms with Crippen LogP contribution >= 0.6 is 23.1 Å². The van der Waals surface area contributed by atoms with Crippen molar-refractivity contribution in [2.75, 3.05) is 32.1 Å². The maximum Gasteiger partial charge on any atom is 0.230 e. The molecule has 0 atom stereocenters. The van der Waals surface area contributed by atoms with Crippen LogP contribution in [0.4, 0.5) is 0 Å². The molecule has 4 rings (SSSR count). The second-order valence-electron chi connectivity index (χ2n) is 7.36. The van der Waals surface area contributed by atoms with E-state index < -0.39 is 0 Å². The Bertz CT molecular complexity index is 1030. The minimum Gasteiger partial charge on any atom is -0.379 e. The molecular formula is C22H26N4O2S2. The highest BCUT2D eigenvalue weighted by molar-refractivity contribution is 8.00. The van der Waals surface area contributed by atoms with Crippen LogP contribution in [0.25, 0.3) is 10.2 Å². The van der Waals surface area contributed by atoms with E-state index in [1.54, 1.807) is 17.7 Å². The van der Waals surface area contributed by atoms with Gasteiger partial charge in [0.25, 0.3) is 0 Å². The molecule has 0 spiro atoms. The van der Waals surface area contributed by atoms with E-state index in [4.69, 9.17) is 4.74 Å². The van der Waals surface area contributed by atoms with E-state index in [2.05, 4.69) is 52.2 Å². The number of fused-ring (bicyclic) bond motifs is 1. The van der Waals surface area contributed by atoms with E-state index in [1.165, 1.54) is 27.8 Å². The number of rotatable bonds is 7. The molecule has 0 unspecified atom stereocenters. The Balaban J connectivity index is 1.35. The summed E-state index contributed by atoms with van der Waals surface area (Å²) in [7, 11) is 0. The number of thioether (sulfide) groups is 1. The van der Waals surface area contributed by atoms with Crippen molar-refractivity contribution in [3.63, 3.8) is 0 Å². The number of hydrogen-bond donors (Lipinski definition) is 1. The van der Waals surface area contributed by atoms with Crippen molar-refractivity contribution in [1.82, 2.24) is 20.2 Å². The maximum atomic E-state index is 12.5. The van der Waals surface area contributed by atoms with Crippen molar-refractivity contribution in [3.8, 4) is 0 Å². The number of nitrogens with zero attached hydrogens (tertiary/aromatic N) is 3. The highest BCUT2D eigenvalue weighted by Crippen LogP contribution is 2.34. The van der Waals surface area contributed by atoms with Gasteiger partial charge in [-0.2, -0.15) is 0 Å². The van der Waals surface area contributed by atoms with Crippen molar-refractivity contribution < 1.29 is 9.53 Å². The van der Waals surface area contributed by atoms with Crippen LogP contribution in [0.1, 0.15) is 21.6 Å². The van der Waals surface area contributed by atoms with E-state index in [1.807, 2.05) is 6.07 Å². The SMILES string of the molecule is Cc1sc2ncnc(SCC(=O)NCc3ccccc3CN3CCOCC3)c2c1C. The van der Waals surface area contributed by atoms with E-state index in [9.17, 15) is 4.79 Å². The predicted octanol–water partition coefficient (Wildman–Crippen LogP) is 3.55. The van der Waals surface area contributed by atoms with Gasteiger partial charge in [0.2, 0.25) is 5.91 Å². The van der Waals surface area contributed by atoms with Gasteiger partial charge in [-0.3, -0.25) is 9.69 Å². The Hall–Kier alpha value is -2.00. The highest BCUT2D eigenvalue weighted by atomic mass is 32.2. The summed E-state index contributed by atoms with van der Waals surface area (Å²) in [6.45, 7) is 9.09. The molecule has 1 aliphatic heterocycles. The molecule has 1 saturated heterocycles. The first-order chi connectivity index (χ1) is 14.6. The average Bonchev–Trinajstić information content (AvgIpc) is 3.06. The lowest BCUT2D eigenvalue weighted by Crippen LogP contribution is -2.36. The number of nitrogens with one attached hydrogen (secondary N) is 1. The number of thiophene rings is 1. The first-order valence-electron chi connectivity index (χ1n) is 10.1. The number of aromatic nitrogens is 2. The molecule has 158 valence electrons. The fourth-order valence-corrected chi connectivity index (χ4v) is 5.47. The fraction of sp³-hybridized carbons (Fsp3) is 0.409. The molecule has 1 aliphatic rings. The highest BCUT2D eigenvalue weighted by Gasteiger charge is 2.15. The molecule has 0 radical (unpaired) electrons. The first kappa shape index (κ1) is 21.2. The van der Waals surface area contributed by atoms with Gasteiger partial charge in [-0.15, -0.1) is 11.3 Å². The normalized spacial score (nSPS) is 14.9. The Kier molecular flexibility index (Phi) is 6.99. The molecule has 0 aliphatic carbocycles. The number of aryl methyl sites for hydroxylation is 2. The summed E-state index contributed by atoms with van der Waals surface area (Å²) >= 11 is 3.15. The topological polar surface area (TPSA) is 67.4 Å². The van der Waals surface area contributed by atoms with Gasteiger partial charge in [-0.05, 0) is 30.5 Å². The summed E-state index contributed by atoms with van der Waals surface area (Å²) in [6.07, 6.45) is 1.58. The summed E-state index contributed by atoms with van der Waals surface area (Å²) in [4.78, 5) is 25.9. The van der Waals surface area contributed by atoms with Crippen molar-refractivity contribution >= 4 is 39.2 Å². The Morgan fingerprint density at radius 2 is 1.97 bits per heavy atom. The number of amides is 1. The van der Waals surface area contributed by atoms with E-state index in [-0.39, 0.29) is 5.91 Å². The molecular weight excluding hydrogens is 416 g/mol. The third-order valence-electron chi connectivity index (χ3n) is 5.36. The fourth-order valence-electron chi connectivity index (χ4n) is 3.52. The van der Waals surface area contributed by atoms with Gasteiger partial charge in [0.05, 0.1) is 19.0 Å². The number of hydrogen-bond acceptors (Lipinski definition) is 7. The summed E-state index contributed by atoms with van der Waals surface area (Å²) < 4.78 is 5.44. The van der Waals surface area contributed by atoms with Crippen LogP contribution in [-0.4, -0.2) is 52.8 Å². The van der Waals surface area contributed by atoms with Crippen LogP contribution in [0.15, 0.2) is 35.6 Å². The molecule has 8 heteroatoms. The van der Waals surface area contributed by atoms with Gasteiger partial charge in [0, 0.05) is 36.4 Å². The number of morpholine rings is 1. The maximum absolute atomic E-state index is 12.5. The summed E-state index contributed by atoms with van der Waals surface area (Å²) in [5.41, 5.74) is 3.63. The predicted molar refractivity (Wildman–Crippen MR) is 122 cm³/mol. The zero-order valence-electron chi connectivity index (χ0n) is 17.3. The van der Waals surface area contributed by atoms with Crippen LogP contribution in [0.2, 0.25) is 0 Å². The van der Waals surface area contributed by atoms with Crippen LogP contribution in [0, 0.1) is 13.8 Å². The first-order valence-corrected chi connectivity index (χ1v) is 11.9. The quantitative estimate of drug-likeness (QED) is 0.446. The molecule has 1 fully saturated rings. The lowest BCUT2D eigenvalue weighted by atomic mass is 10.1. The molecule has 1 N–H and O–H groups in total. The molecule has 3 heterocycles. The third kappa shape index (κ3) is 5.00. The zero-order valence-corrected chi connectivity index (χ0v) is 18.9. The summed E-state index contributed by atoms with van der Waals surface area (Å²) in [5.74, 6) is 0.351. The largest absolute Gasteiger partial charge is 0.379 e. The van der Waals surface area contributed by atoms with E-state index in [0.717, 1.165) is 53.7 Å². The smallest absolute Gasteiger partial charge is 0.230 e. The molecule has 0 bridgehead atoms. The van der Waals surface area contributed by atoms with Gasteiger partial charge in [0.1, 0.15) is 16.2 Å². The number of carbonyl (C=O) groups excluding carboxylic acids is 1. The standard InChI is InChI=1S/C22H26N4O2S2/c1-15-16(2)30-22-20(15)21(24-14-25-22)29-13-19(27)23-11-17-5-3-4-6-18(17)12-26-7-9-28-10-8-26/h3-6,14H,7-13H2,1-2H3,(H,23,27). The van der Waals surface area contributed by atoms with Crippen molar-refractivity contribution in [3.05, 3.63) is 52.2 Å². The molecule has 2 aromatic heterocycles. The number of ether oxygens (including phenoxy) is 1. The van der Waals surface area contributed by atoms with Crippen molar-refractivity contribution in [2.24, 2.45) is 0 Å². The monoisotopic (exact) mass is 442 g/mol. The minimum absolute atomic E-state index is 0.0116. The lowest BCUT2D eigenvalue weighted by Gasteiger charge is -2.27. The Morgan fingerprint density at radius 3 is 2.77 bits per heavy atom. The molecule has 1 amide bonds. The van der Waals surface area contributed by atoms with Gasteiger partial charge in [-0.25, -0.2) is 9.97 Å². The molecule has 3 aromatic rings. The Morgan fingerprint density at radius 1 is 1.20 bits per heavy atom. The van der Waals surface area contributed by atoms with Crippen LogP contribution in [-0.2, 0) is 22.6 Å². The molecule has 6 nitrogen and oxygen atoms in total. The van der Waals surface area contributed by atoms with Crippen molar-refractivity contribution in [1.29, 1.82) is 0 Å². The van der Waals surface area contributed by atoms with Crippen LogP contribution in [0.3, 0.4) is 0 Å². The number of carbonyl (C=O) groups is 1. The summed E-state index contributed by atoms with van der Waals surface area (Å²) in [6, 6.07) is 8.32. The lowest BCUT2D eigenvalue weighted by molar-refractivity contribution is -0.118. The molecule has 30 heavy (non-hydrogen) atoms. The zero-order chi connectivity index (χ0) is 20.9. The second-order valence-corrected chi connectivity index (χ2v) is 9.53. The van der Waals surface area contributed by atoms with E-state index >= 15 is 0 Å². The van der Waals surface area contributed by atoms with E-state index in [0.29, 0.717) is 12.3 Å². The van der Waals surface area contributed by atoms with Crippen LogP contribution in [0.5, 0.6) is 0 Å². The molecule has 0 saturated carbocycles.